The van der Waals surface area contributed by atoms with E-state index in [1.165, 1.54) is 0 Å². The first kappa shape index (κ1) is 14.5. The summed E-state index contributed by atoms with van der Waals surface area (Å²) in [6.07, 6.45) is 0. The Morgan fingerprint density at radius 1 is 1.09 bits per heavy atom. The Kier molecular flexibility index (Phi) is 3.43. The third kappa shape index (κ3) is 2.58. The van der Waals surface area contributed by atoms with Gasteiger partial charge in [0, 0.05) is 11.3 Å². The van der Waals surface area contributed by atoms with Crippen LogP contribution in [0.2, 0.25) is 0 Å². The fourth-order valence-electron chi connectivity index (χ4n) is 2.47. The molecule has 3 aromatic rings. The van der Waals surface area contributed by atoms with Gasteiger partial charge in [-0.1, -0.05) is 12.1 Å². The number of nitrogen functional groups attached to an aromatic ring is 2. The number of aryl methyl sites for hydroxylation is 2. The molecule has 0 spiro atoms. The summed E-state index contributed by atoms with van der Waals surface area (Å²) in [5.74, 6) is 0.122. The van der Waals surface area contributed by atoms with Gasteiger partial charge >= 0.3 is 0 Å². The number of nitrogens with two attached hydrogens (primary N) is 2. The first-order valence-electron chi connectivity index (χ1n) is 6.96. The smallest absolute Gasteiger partial charge is 0.222 e. The van der Waals surface area contributed by atoms with E-state index in [4.69, 9.17) is 11.5 Å². The highest BCUT2D eigenvalue weighted by molar-refractivity contribution is 5.73. The molecule has 7 heteroatoms. The number of hydrogen-bond acceptors (Lipinski definition) is 6. The maximum absolute atomic E-state index is 9.26. The minimum Gasteiger partial charge on any atom is -0.382 e. The number of hydrogen-bond donors (Lipinski definition) is 2. The van der Waals surface area contributed by atoms with E-state index in [-0.39, 0.29) is 17.3 Å². The van der Waals surface area contributed by atoms with E-state index in [9.17, 15) is 5.26 Å². The molecule has 0 unspecified atom stereocenters. The van der Waals surface area contributed by atoms with Crippen LogP contribution in [0.3, 0.4) is 0 Å². The van der Waals surface area contributed by atoms with E-state index in [1.54, 1.807) is 0 Å². The Hall–Kier alpha value is -3.40. The Balaban J connectivity index is 2.07. The monoisotopic (exact) mass is 305 g/mol. The molecule has 0 saturated heterocycles. The minimum absolute atomic E-state index is 0.0409. The fourth-order valence-corrected chi connectivity index (χ4v) is 2.47. The number of benzene rings is 1. The highest BCUT2D eigenvalue weighted by atomic mass is 15.3. The minimum atomic E-state index is 0.0409. The van der Waals surface area contributed by atoms with Crippen molar-refractivity contribution in [3.8, 4) is 23.0 Å². The number of aromatic nitrogens is 4. The number of rotatable bonds is 2. The summed E-state index contributed by atoms with van der Waals surface area (Å²) in [6, 6.07) is 11.6. The summed E-state index contributed by atoms with van der Waals surface area (Å²) in [4.78, 5) is 7.96. The number of nitriles is 1. The van der Waals surface area contributed by atoms with E-state index in [0.29, 0.717) is 5.69 Å². The van der Waals surface area contributed by atoms with Crippen LogP contribution in [0.1, 0.15) is 17.0 Å². The van der Waals surface area contributed by atoms with Gasteiger partial charge in [0.25, 0.3) is 0 Å². The van der Waals surface area contributed by atoms with E-state index in [1.807, 2.05) is 54.9 Å². The van der Waals surface area contributed by atoms with Crippen LogP contribution >= 0.6 is 0 Å². The van der Waals surface area contributed by atoms with E-state index < -0.39 is 0 Å². The molecular formula is C16H15N7. The van der Waals surface area contributed by atoms with Crippen molar-refractivity contribution in [1.82, 2.24) is 19.7 Å². The van der Waals surface area contributed by atoms with Gasteiger partial charge in [-0.15, -0.1) is 0 Å². The lowest BCUT2D eigenvalue weighted by atomic mass is 10.1. The molecule has 7 nitrogen and oxygen atoms in total. The maximum Gasteiger partial charge on any atom is 0.222 e. The molecule has 0 saturated carbocycles. The van der Waals surface area contributed by atoms with Crippen LogP contribution in [0, 0.1) is 25.2 Å². The van der Waals surface area contributed by atoms with Crippen LogP contribution in [0.5, 0.6) is 0 Å². The summed E-state index contributed by atoms with van der Waals surface area (Å²) in [5.41, 5.74) is 15.7. The zero-order valence-corrected chi connectivity index (χ0v) is 12.8. The lowest BCUT2D eigenvalue weighted by molar-refractivity contribution is 0.834. The summed E-state index contributed by atoms with van der Waals surface area (Å²) >= 11 is 0. The second-order valence-corrected chi connectivity index (χ2v) is 5.19. The van der Waals surface area contributed by atoms with Crippen molar-refractivity contribution in [3.05, 3.63) is 47.3 Å². The van der Waals surface area contributed by atoms with Crippen LogP contribution in [0.15, 0.2) is 30.3 Å². The molecule has 0 aliphatic carbocycles. The van der Waals surface area contributed by atoms with Crippen molar-refractivity contribution in [1.29, 1.82) is 5.26 Å². The lowest BCUT2D eigenvalue weighted by Crippen LogP contribution is -2.05. The summed E-state index contributed by atoms with van der Waals surface area (Å²) < 4.78 is 1.85. The van der Waals surface area contributed by atoms with Gasteiger partial charge in [-0.25, -0.2) is 9.67 Å². The molecule has 4 N–H and O–H groups in total. The molecule has 114 valence electrons. The number of anilines is 2. The van der Waals surface area contributed by atoms with Crippen molar-refractivity contribution in [2.24, 2.45) is 0 Å². The third-order valence-corrected chi connectivity index (χ3v) is 3.46. The molecule has 0 aliphatic rings. The van der Waals surface area contributed by atoms with E-state index >= 15 is 0 Å². The van der Waals surface area contributed by atoms with Crippen LogP contribution in [-0.4, -0.2) is 19.7 Å². The van der Waals surface area contributed by atoms with E-state index in [0.717, 1.165) is 22.6 Å². The van der Waals surface area contributed by atoms with Crippen molar-refractivity contribution in [3.63, 3.8) is 0 Å². The SMILES string of the molecule is Cc1cc(C)n(-c2ccc(-c3nc(N)nc(N)c3C#N)cc2)n1. The average molecular weight is 305 g/mol. The summed E-state index contributed by atoms with van der Waals surface area (Å²) in [7, 11) is 0. The normalized spacial score (nSPS) is 10.5. The van der Waals surface area contributed by atoms with Crippen LogP contribution in [0.25, 0.3) is 16.9 Å². The molecule has 0 bridgehead atoms. The zero-order chi connectivity index (χ0) is 16.6. The largest absolute Gasteiger partial charge is 0.382 e. The standard InChI is InChI=1S/C16H15N7/c1-9-7-10(2)23(22-9)12-5-3-11(4-6-12)14-13(8-17)15(18)21-16(19)20-14/h3-7H,1-2H3,(H4,18,19,20,21). The van der Waals surface area contributed by atoms with Crippen molar-refractivity contribution in [2.45, 2.75) is 13.8 Å². The van der Waals surface area contributed by atoms with Gasteiger partial charge in [0.05, 0.1) is 17.1 Å². The topological polar surface area (TPSA) is 119 Å². The van der Waals surface area contributed by atoms with Gasteiger partial charge in [-0.3, -0.25) is 0 Å². The Bertz CT molecular complexity index is 917. The predicted molar refractivity (Wildman–Crippen MR) is 87.6 cm³/mol. The highest BCUT2D eigenvalue weighted by Gasteiger charge is 2.13. The molecule has 0 fully saturated rings. The fraction of sp³-hybridized carbons (Fsp3) is 0.125. The van der Waals surface area contributed by atoms with Crippen molar-refractivity contribution >= 4 is 11.8 Å². The Labute approximate surface area is 133 Å². The molecule has 1 aromatic carbocycles. The second-order valence-electron chi connectivity index (χ2n) is 5.19. The maximum atomic E-state index is 9.26. The lowest BCUT2D eigenvalue weighted by Gasteiger charge is -2.08. The third-order valence-electron chi connectivity index (χ3n) is 3.46. The van der Waals surface area contributed by atoms with Gasteiger partial charge in [0.2, 0.25) is 5.95 Å². The average Bonchev–Trinajstić information content (AvgIpc) is 2.85. The Morgan fingerprint density at radius 2 is 1.78 bits per heavy atom. The van der Waals surface area contributed by atoms with Crippen LogP contribution in [0.4, 0.5) is 11.8 Å². The molecule has 0 amide bonds. The summed E-state index contributed by atoms with van der Waals surface area (Å²) in [6.45, 7) is 3.94. The quantitative estimate of drug-likeness (QED) is 0.747. The molecule has 2 heterocycles. The van der Waals surface area contributed by atoms with Gasteiger partial charge in [0.15, 0.2) is 0 Å². The molecule has 3 rings (SSSR count). The molecule has 0 atom stereocenters. The number of nitrogens with zero attached hydrogens (tertiary/aromatic N) is 5. The molecule has 23 heavy (non-hydrogen) atoms. The molecule has 0 radical (unpaired) electrons. The molecule has 0 aliphatic heterocycles. The van der Waals surface area contributed by atoms with Gasteiger partial charge < -0.3 is 11.5 Å². The zero-order valence-electron chi connectivity index (χ0n) is 12.8. The summed E-state index contributed by atoms with van der Waals surface area (Å²) in [5, 5.41) is 13.7. The first-order valence-corrected chi connectivity index (χ1v) is 6.96. The van der Waals surface area contributed by atoms with Crippen LogP contribution in [-0.2, 0) is 0 Å². The van der Waals surface area contributed by atoms with Crippen molar-refractivity contribution in [2.75, 3.05) is 11.5 Å². The first-order chi connectivity index (χ1) is 11.0. The van der Waals surface area contributed by atoms with E-state index in [2.05, 4.69) is 15.1 Å². The van der Waals surface area contributed by atoms with Gasteiger partial charge in [-0.05, 0) is 32.0 Å². The second kappa shape index (κ2) is 5.42. The van der Waals surface area contributed by atoms with Gasteiger partial charge in [-0.2, -0.15) is 15.3 Å². The molecular weight excluding hydrogens is 290 g/mol. The highest BCUT2D eigenvalue weighted by Crippen LogP contribution is 2.26. The molecule has 2 aromatic heterocycles. The predicted octanol–water partition coefficient (Wildman–Crippen LogP) is 1.98. The van der Waals surface area contributed by atoms with Crippen LogP contribution < -0.4 is 11.5 Å². The van der Waals surface area contributed by atoms with Crippen molar-refractivity contribution < 1.29 is 0 Å². The van der Waals surface area contributed by atoms with Gasteiger partial charge in [0.1, 0.15) is 17.5 Å². The Morgan fingerprint density at radius 3 is 2.35 bits per heavy atom.